The molecule has 5 N–H and O–H groups in total. The van der Waals surface area contributed by atoms with Crippen molar-refractivity contribution in [2.24, 2.45) is 5.73 Å². The Labute approximate surface area is 187 Å². The van der Waals surface area contributed by atoms with Crippen molar-refractivity contribution in [3.05, 3.63) is 36.5 Å². The number of aliphatic carboxylic acids is 1. The van der Waals surface area contributed by atoms with Crippen molar-refractivity contribution in [3.63, 3.8) is 0 Å². The zero-order valence-electron chi connectivity index (χ0n) is 22.6. The fraction of sp³-hybridized carbons (Fsp3) is 0.609. The average molecular weight is 428 g/mol. The van der Waals surface area contributed by atoms with Crippen LogP contribution in [0.2, 0.25) is 0 Å². The highest BCUT2D eigenvalue weighted by atomic mass is 16.4. The molecular formula is C23H38N2O5. The highest BCUT2D eigenvalue weighted by molar-refractivity contribution is 5.84. The van der Waals surface area contributed by atoms with Gasteiger partial charge in [-0.1, -0.05) is 55.7 Å². The number of aliphatic hydroxyl groups is 1. The third-order valence-corrected chi connectivity index (χ3v) is 3.86. The van der Waals surface area contributed by atoms with Gasteiger partial charge < -0.3 is 21.3 Å². The van der Waals surface area contributed by atoms with Crippen molar-refractivity contribution < 1.29 is 31.5 Å². The Morgan fingerprint density at radius 1 is 1.03 bits per heavy atom. The quantitative estimate of drug-likeness (QED) is 0.197. The standard InChI is InChI=1S/C23H38N2O5/c1-19(26)15-13-11-9-7-5-3-2-4-6-8-10-12-14-16-22(28)25-20(23(29)30)17-18-21(24)27/h2-3,7,9,13,15,19-20,26H,4-6,8,10-12,14,16-18H2,1H3,(H2,24,27)(H,25,28)(H,29,30)/b3-2-,9-7-,15-13-/t19-,20-/m0/s1/i17D2,18D2,20D. The van der Waals surface area contributed by atoms with Gasteiger partial charge in [0.25, 0.3) is 0 Å². The second kappa shape index (κ2) is 18.6. The third-order valence-electron chi connectivity index (χ3n) is 3.86. The van der Waals surface area contributed by atoms with E-state index in [0.29, 0.717) is 12.8 Å². The summed E-state index contributed by atoms with van der Waals surface area (Å²) in [5, 5.41) is 20.1. The van der Waals surface area contributed by atoms with Gasteiger partial charge >= 0.3 is 5.97 Å². The highest BCUT2D eigenvalue weighted by Crippen LogP contribution is 2.08. The zero-order chi connectivity index (χ0) is 27.1. The summed E-state index contributed by atoms with van der Waals surface area (Å²) in [4.78, 5) is 34.9. The second-order valence-electron chi connectivity index (χ2n) is 6.73. The number of allylic oxidation sites excluding steroid dienone is 5. The number of unbranched alkanes of at least 4 members (excludes halogenated alkanes) is 5. The minimum atomic E-state index is -3.62. The van der Waals surface area contributed by atoms with Gasteiger partial charge in [-0.05, 0) is 45.4 Å². The van der Waals surface area contributed by atoms with Gasteiger partial charge in [0.05, 0.1) is 7.47 Å². The lowest BCUT2D eigenvalue weighted by Crippen LogP contribution is -2.41. The molecule has 0 saturated heterocycles. The van der Waals surface area contributed by atoms with Crippen molar-refractivity contribution in [3.8, 4) is 0 Å². The summed E-state index contributed by atoms with van der Waals surface area (Å²) in [6.07, 6.45) is 10.5. The van der Waals surface area contributed by atoms with Crippen LogP contribution in [0.3, 0.4) is 0 Å². The van der Waals surface area contributed by atoms with Crippen molar-refractivity contribution in [2.75, 3.05) is 0 Å². The number of rotatable bonds is 18. The van der Waals surface area contributed by atoms with Crippen LogP contribution in [0.15, 0.2) is 36.5 Å². The third kappa shape index (κ3) is 18.9. The predicted molar refractivity (Wildman–Crippen MR) is 119 cm³/mol. The Hall–Kier alpha value is -2.41. The van der Waals surface area contributed by atoms with Gasteiger partial charge in [-0.3, -0.25) is 9.59 Å². The van der Waals surface area contributed by atoms with E-state index < -0.39 is 42.7 Å². The largest absolute Gasteiger partial charge is 0.480 e. The molecule has 0 bridgehead atoms. The molecule has 7 nitrogen and oxygen atoms in total. The monoisotopic (exact) mass is 427 g/mol. The molecule has 170 valence electrons. The Morgan fingerprint density at radius 2 is 1.63 bits per heavy atom. The number of hydrogen-bond donors (Lipinski definition) is 4. The maximum atomic E-state index is 12.1. The Morgan fingerprint density at radius 3 is 2.27 bits per heavy atom. The van der Waals surface area contributed by atoms with Crippen molar-refractivity contribution in [1.29, 1.82) is 0 Å². The number of nitrogens with one attached hydrogen (secondary N) is 1. The Kier molecular flexibility index (Phi) is 12.1. The van der Waals surface area contributed by atoms with Crippen LogP contribution in [0.25, 0.3) is 0 Å². The van der Waals surface area contributed by atoms with E-state index >= 15 is 0 Å². The van der Waals surface area contributed by atoms with Gasteiger partial charge in [-0.25, -0.2) is 4.79 Å². The first-order valence-electron chi connectivity index (χ1n) is 12.7. The number of carboxylic acids is 1. The molecule has 0 spiro atoms. The molecule has 0 aliphatic rings. The summed E-state index contributed by atoms with van der Waals surface area (Å²) in [5.74, 6) is -4.84. The van der Waals surface area contributed by atoms with Gasteiger partial charge in [0.15, 0.2) is 0 Å². The molecule has 0 aliphatic carbocycles. The fourth-order valence-corrected chi connectivity index (χ4v) is 2.38. The van der Waals surface area contributed by atoms with Crippen LogP contribution in [0.5, 0.6) is 0 Å². The van der Waals surface area contributed by atoms with Crippen molar-refractivity contribution in [1.82, 2.24) is 5.32 Å². The van der Waals surface area contributed by atoms with Crippen LogP contribution in [0.1, 0.15) is 84.3 Å². The van der Waals surface area contributed by atoms with Crippen LogP contribution in [-0.4, -0.2) is 40.1 Å². The molecule has 0 radical (unpaired) electrons. The smallest absolute Gasteiger partial charge is 0.326 e. The molecule has 0 aliphatic heterocycles. The highest BCUT2D eigenvalue weighted by Gasteiger charge is 2.20. The topological polar surface area (TPSA) is 130 Å². The lowest BCUT2D eigenvalue weighted by Gasteiger charge is -2.13. The molecular weight excluding hydrogens is 384 g/mol. The number of carbonyl (C=O) groups excluding carboxylic acids is 2. The van der Waals surface area contributed by atoms with E-state index in [-0.39, 0.29) is 6.42 Å². The van der Waals surface area contributed by atoms with E-state index in [0.717, 1.165) is 38.5 Å². The molecule has 0 aromatic heterocycles. The van der Waals surface area contributed by atoms with Gasteiger partial charge in [0, 0.05) is 18.3 Å². The minimum Gasteiger partial charge on any atom is -0.480 e. The molecule has 7 heteroatoms. The number of carboxylic acid groups (broad SMARTS) is 1. The number of amides is 2. The van der Waals surface area contributed by atoms with E-state index in [1.165, 1.54) is 0 Å². The number of aliphatic hydroxyl groups excluding tert-OH is 1. The van der Waals surface area contributed by atoms with E-state index in [1.54, 1.807) is 18.3 Å². The molecule has 2 atom stereocenters. The summed E-state index contributed by atoms with van der Waals surface area (Å²) in [5.41, 5.74) is 4.83. The lowest BCUT2D eigenvalue weighted by atomic mass is 10.1. The van der Waals surface area contributed by atoms with E-state index in [9.17, 15) is 19.5 Å². The fourth-order valence-electron chi connectivity index (χ4n) is 2.38. The number of carbonyl (C=O) groups is 3. The van der Waals surface area contributed by atoms with Crippen molar-refractivity contribution >= 4 is 17.8 Å². The molecule has 0 saturated carbocycles. The predicted octanol–water partition coefficient (Wildman–Crippen LogP) is 3.38. The molecule has 30 heavy (non-hydrogen) atoms. The number of primary amides is 1. The van der Waals surface area contributed by atoms with Gasteiger partial charge in [-0.2, -0.15) is 0 Å². The van der Waals surface area contributed by atoms with Gasteiger partial charge in [-0.15, -0.1) is 0 Å². The van der Waals surface area contributed by atoms with Gasteiger partial charge in [0.2, 0.25) is 11.8 Å². The lowest BCUT2D eigenvalue weighted by molar-refractivity contribution is -0.142. The summed E-state index contributed by atoms with van der Waals surface area (Å²) in [7, 11) is 0. The van der Waals surface area contributed by atoms with Crippen LogP contribution in [0, 0.1) is 0 Å². The summed E-state index contributed by atoms with van der Waals surface area (Å²) >= 11 is 0. The summed E-state index contributed by atoms with van der Waals surface area (Å²) in [6.45, 7) is 1.70. The maximum Gasteiger partial charge on any atom is 0.326 e. The van der Waals surface area contributed by atoms with Crippen molar-refractivity contribution in [2.45, 2.75) is 89.6 Å². The molecule has 0 aromatic carbocycles. The first-order chi connectivity index (χ1) is 16.2. The first kappa shape index (κ1) is 19.5. The number of hydrogen-bond acceptors (Lipinski definition) is 4. The normalized spacial score (nSPS) is 18.3. The van der Waals surface area contributed by atoms with Crippen LogP contribution >= 0.6 is 0 Å². The number of nitrogens with two attached hydrogens (primary N) is 1. The van der Waals surface area contributed by atoms with Gasteiger partial charge in [0.1, 0.15) is 6.02 Å². The minimum absolute atomic E-state index is 0.164. The maximum absolute atomic E-state index is 12.1. The van der Waals surface area contributed by atoms with E-state index in [4.69, 9.17) is 17.7 Å². The van der Waals surface area contributed by atoms with E-state index in [1.807, 2.05) is 12.2 Å². The van der Waals surface area contributed by atoms with E-state index in [2.05, 4.69) is 18.2 Å². The Balaban J connectivity index is 4.27. The summed E-state index contributed by atoms with van der Waals surface area (Å²) in [6, 6.07) is -3.43. The molecule has 2 amide bonds. The SMILES string of the molecule is [2H]C([2H])(C(N)=O)C([2H])([2H])[C@]([2H])(NC(=O)CCCCCCC/C=C\C/C=C\C/C=C\[C@H](C)O)C(=O)O. The zero-order valence-corrected chi connectivity index (χ0v) is 17.6. The van der Waals surface area contributed by atoms with Crippen LogP contribution in [0.4, 0.5) is 0 Å². The second-order valence-corrected chi connectivity index (χ2v) is 6.73. The molecule has 0 fully saturated rings. The molecule has 0 heterocycles. The van der Waals surface area contributed by atoms with Crippen LogP contribution in [-0.2, 0) is 14.4 Å². The van der Waals surface area contributed by atoms with Crippen LogP contribution < -0.4 is 11.1 Å². The summed E-state index contributed by atoms with van der Waals surface area (Å²) < 4.78 is 38.3. The molecule has 0 unspecified atom stereocenters. The Bertz CT molecular complexity index is 784. The molecule has 0 aromatic rings. The first-order valence-corrected chi connectivity index (χ1v) is 10.2. The molecule has 0 rings (SSSR count). The average Bonchev–Trinajstić information content (AvgIpc) is 2.75.